The second-order valence-electron chi connectivity index (χ2n) is 7.76. The lowest BCUT2D eigenvalue weighted by atomic mass is 10.1. The Bertz CT molecular complexity index is 1230. The zero-order chi connectivity index (χ0) is 22.5. The van der Waals surface area contributed by atoms with Crippen molar-refractivity contribution in [1.82, 2.24) is 25.4 Å². The topological polar surface area (TPSA) is 80.3 Å². The van der Waals surface area contributed by atoms with Gasteiger partial charge in [-0.25, -0.2) is 9.67 Å². The summed E-state index contributed by atoms with van der Waals surface area (Å²) in [6.45, 7) is 7.25. The number of rotatable bonds is 6. The molecule has 0 aliphatic rings. The van der Waals surface area contributed by atoms with Crippen LogP contribution in [0.4, 0.5) is 0 Å². The Hall–Kier alpha value is -3.14. The zero-order valence-electron chi connectivity index (χ0n) is 19.3. The first-order valence-electron chi connectivity index (χ1n) is 10.6. The van der Waals surface area contributed by atoms with Gasteiger partial charge in [-0.2, -0.15) is 5.10 Å². The molecule has 2 aromatic carbocycles. The number of hydrogen-bond donors (Lipinski definition) is 2. The van der Waals surface area contributed by atoms with Crippen molar-refractivity contribution in [2.45, 2.75) is 33.9 Å². The van der Waals surface area contributed by atoms with Crippen LogP contribution in [0.5, 0.6) is 0 Å². The maximum absolute atomic E-state index is 5.64. The molecule has 4 aromatic rings. The first-order chi connectivity index (χ1) is 15.5. The van der Waals surface area contributed by atoms with Gasteiger partial charge in [-0.3, -0.25) is 4.99 Å². The Kier molecular flexibility index (Phi) is 8.26. The van der Waals surface area contributed by atoms with Crippen LogP contribution in [0, 0.1) is 20.8 Å². The Balaban J connectivity index is 0.00000306. The van der Waals surface area contributed by atoms with E-state index < -0.39 is 0 Å². The molecular weight excluding hydrogens is 527 g/mol. The summed E-state index contributed by atoms with van der Waals surface area (Å²) in [5.41, 5.74) is 7.27. The van der Waals surface area contributed by atoms with Crippen molar-refractivity contribution in [2.75, 3.05) is 7.05 Å². The molecule has 0 unspecified atom stereocenters. The molecule has 0 bridgehead atoms. The number of aryl methyl sites for hydroxylation is 3. The van der Waals surface area contributed by atoms with Crippen molar-refractivity contribution >= 4 is 29.9 Å². The largest absolute Gasteiger partial charge is 0.444 e. The number of nitrogens with one attached hydrogen (secondary N) is 2. The van der Waals surface area contributed by atoms with Gasteiger partial charge in [-0.15, -0.1) is 24.0 Å². The van der Waals surface area contributed by atoms with Gasteiger partial charge in [-0.05, 0) is 50.6 Å². The van der Waals surface area contributed by atoms with Crippen molar-refractivity contribution in [1.29, 1.82) is 0 Å². The number of hydrogen-bond acceptors (Lipinski definition) is 4. The standard InChI is InChI=1S/C25H28N6O.HI/c1-17-9-11-20(12-10-17)24-29-22(16-32-24)15-28-25(26-4)27-14-21-7-5-6-8-23(21)31-19(3)13-18(2)30-31;/h5-13,16H,14-15H2,1-4H3,(H2,26,27,28);1H. The molecule has 0 amide bonds. The minimum absolute atomic E-state index is 0. The van der Waals surface area contributed by atoms with Crippen molar-refractivity contribution < 1.29 is 4.42 Å². The van der Waals surface area contributed by atoms with Crippen LogP contribution in [-0.2, 0) is 13.1 Å². The molecule has 2 heterocycles. The molecule has 2 N–H and O–H groups in total. The summed E-state index contributed by atoms with van der Waals surface area (Å²) < 4.78 is 7.62. The van der Waals surface area contributed by atoms with Gasteiger partial charge in [0.05, 0.1) is 23.6 Å². The van der Waals surface area contributed by atoms with Gasteiger partial charge < -0.3 is 15.1 Å². The molecule has 172 valence electrons. The average Bonchev–Trinajstić information content (AvgIpc) is 3.40. The van der Waals surface area contributed by atoms with Crippen LogP contribution in [0.2, 0.25) is 0 Å². The van der Waals surface area contributed by atoms with Crippen LogP contribution in [0.25, 0.3) is 17.1 Å². The molecule has 0 saturated carbocycles. The van der Waals surface area contributed by atoms with Crippen LogP contribution in [0.3, 0.4) is 0 Å². The number of aliphatic imine (C=N–C) groups is 1. The predicted molar refractivity (Wildman–Crippen MR) is 142 cm³/mol. The molecule has 33 heavy (non-hydrogen) atoms. The highest BCUT2D eigenvalue weighted by atomic mass is 127. The van der Waals surface area contributed by atoms with E-state index in [1.54, 1.807) is 13.3 Å². The maximum Gasteiger partial charge on any atom is 0.226 e. The molecule has 0 fully saturated rings. The number of guanidine groups is 1. The second kappa shape index (κ2) is 11.1. The minimum Gasteiger partial charge on any atom is -0.444 e. The lowest BCUT2D eigenvalue weighted by Gasteiger charge is -2.14. The quantitative estimate of drug-likeness (QED) is 0.200. The summed E-state index contributed by atoms with van der Waals surface area (Å²) in [6, 6.07) is 18.4. The van der Waals surface area contributed by atoms with Gasteiger partial charge in [-0.1, -0.05) is 35.9 Å². The van der Waals surface area contributed by atoms with E-state index in [9.17, 15) is 0 Å². The number of halogens is 1. The Morgan fingerprint density at radius 3 is 2.42 bits per heavy atom. The van der Waals surface area contributed by atoms with E-state index in [2.05, 4.69) is 57.8 Å². The third-order valence-corrected chi connectivity index (χ3v) is 5.19. The first-order valence-corrected chi connectivity index (χ1v) is 10.6. The molecule has 0 aliphatic carbocycles. The first kappa shape index (κ1) is 24.5. The van der Waals surface area contributed by atoms with E-state index in [0.717, 1.165) is 33.9 Å². The Morgan fingerprint density at radius 2 is 1.73 bits per heavy atom. The fourth-order valence-corrected chi connectivity index (χ4v) is 3.53. The van der Waals surface area contributed by atoms with Crippen molar-refractivity contribution in [3.63, 3.8) is 0 Å². The second-order valence-corrected chi connectivity index (χ2v) is 7.76. The van der Waals surface area contributed by atoms with Crippen LogP contribution < -0.4 is 10.6 Å². The molecule has 7 nitrogen and oxygen atoms in total. The number of aromatic nitrogens is 3. The number of para-hydroxylation sites is 1. The molecule has 0 aliphatic heterocycles. The van der Waals surface area contributed by atoms with E-state index >= 15 is 0 Å². The van der Waals surface area contributed by atoms with Crippen LogP contribution in [0.15, 0.2) is 70.3 Å². The highest BCUT2D eigenvalue weighted by Gasteiger charge is 2.10. The summed E-state index contributed by atoms with van der Waals surface area (Å²) in [5.74, 6) is 1.30. The molecule has 0 spiro atoms. The predicted octanol–water partition coefficient (Wildman–Crippen LogP) is 4.94. The molecule has 8 heteroatoms. The summed E-state index contributed by atoms with van der Waals surface area (Å²) in [5, 5.41) is 11.3. The highest BCUT2D eigenvalue weighted by Crippen LogP contribution is 2.19. The number of nitrogens with zero attached hydrogens (tertiary/aromatic N) is 4. The van der Waals surface area contributed by atoms with Gasteiger partial charge in [0.25, 0.3) is 0 Å². The summed E-state index contributed by atoms with van der Waals surface area (Å²) in [7, 11) is 1.75. The van der Waals surface area contributed by atoms with Crippen LogP contribution in [-0.4, -0.2) is 27.8 Å². The Labute approximate surface area is 211 Å². The molecule has 4 rings (SSSR count). The lowest BCUT2D eigenvalue weighted by Crippen LogP contribution is -2.36. The van der Waals surface area contributed by atoms with Crippen molar-refractivity contribution in [3.8, 4) is 17.1 Å². The summed E-state index contributed by atoms with van der Waals surface area (Å²) in [6.07, 6.45) is 1.67. The third kappa shape index (κ3) is 6.01. The fraction of sp³-hybridized carbons (Fsp3) is 0.240. The van der Waals surface area contributed by atoms with Gasteiger partial charge >= 0.3 is 0 Å². The normalized spacial score (nSPS) is 11.2. The monoisotopic (exact) mass is 556 g/mol. The van der Waals surface area contributed by atoms with Crippen molar-refractivity contribution in [2.24, 2.45) is 4.99 Å². The van der Waals surface area contributed by atoms with Gasteiger partial charge in [0, 0.05) is 24.8 Å². The Morgan fingerprint density at radius 1 is 1.00 bits per heavy atom. The maximum atomic E-state index is 5.64. The molecule has 0 saturated heterocycles. The molecule has 0 atom stereocenters. The minimum atomic E-state index is 0. The number of benzene rings is 2. The summed E-state index contributed by atoms with van der Waals surface area (Å²) >= 11 is 0. The average molecular weight is 556 g/mol. The zero-order valence-corrected chi connectivity index (χ0v) is 21.6. The van der Waals surface area contributed by atoms with E-state index in [4.69, 9.17) is 4.42 Å². The fourth-order valence-electron chi connectivity index (χ4n) is 3.53. The van der Waals surface area contributed by atoms with Crippen LogP contribution in [0.1, 0.15) is 28.2 Å². The third-order valence-electron chi connectivity index (χ3n) is 5.19. The number of oxazole rings is 1. The molecule has 2 aromatic heterocycles. The lowest BCUT2D eigenvalue weighted by molar-refractivity contribution is 0.572. The molecular formula is C25H29IN6O. The molecule has 0 radical (unpaired) electrons. The SMILES string of the molecule is CN=C(NCc1coc(-c2ccc(C)cc2)n1)NCc1ccccc1-n1nc(C)cc1C.I. The highest BCUT2D eigenvalue weighted by molar-refractivity contribution is 14.0. The van der Waals surface area contributed by atoms with E-state index in [-0.39, 0.29) is 24.0 Å². The van der Waals surface area contributed by atoms with E-state index in [1.807, 2.05) is 48.0 Å². The van der Waals surface area contributed by atoms with Gasteiger partial charge in [0.15, 0.2) is 5.96 Å². The van der Waals surface area contributed by atoms with E-state index in [0.29, 0.717) is 24.9 Å². The van der Waals surface area contributed by atoms with E-state index in [1.165, 1.54) is 5.56 Å². The van der Waals surface area contributed by atoms with Crippen molar-refractivity contribution in [3.05, 3.63) is 89.1 Å². The van der Waals surface area contributed by atoms with Gasteiger partial charge in [0.2, 0.25) is 5.89 Å². The van der Waals surface area contributed by atoms with Crippen LogP contribution >= 0.6 is 24.0 Å². The summed E-state index contributed by atoms with van der Waals surface area (Å²) in [4.78, 5) is 8.91. The van der Waals surface area contributed by atoms with Gasteiger partial charge in [0.1, 0.15) is 6.26 Å². The smallest absolute Gasteiger partial charge is 0.226 e.